The fourth-order valence-corrected chi connectivity index (χ4v) is 2.19. The summed E-state index contributed by atoms with van der Waals surface area (Å²) in [6.07, 6.45) is 3.29. The molecule has 0 saturated carbocycles. The van der Waals surface area contributed by atoms with Crippen molar-refractivity contribution in [1.82, 2.24) is 10.3 Å². The van der Waals surface area contributed by atoms with Crippen molar-refractivity contribution >= 4 is 23.5 Å². The van der Waals surface area contributed by atoms with Gasteiger partial charge in [0.2, 0.25) is 0 Å². The van der Waals surface area contributed by atoms with Gasteiger partial charge in [-0.1, -0.05) is 23.7 Å². The van der Waals surface area contributed by atoms with Gasteiger partial charge in [0.05, 0.1) is 12.7 Å². The van der Waals surface area contributed by atoms with Gasteiger partial charge in [-0.05, 0) is 29.8 Å². The van der Waals surface area contributed by atoms with E-state index >= 15 is 0 Å². The number of carbonyl (C=O) groups is 2. The molecule has 1 heterocycles. The molecule has 0 aliphatic heterocycles. The van der Waals surface area contributed by atoms with E-state index in [-0.39, 0.29) is 5.91 Å². The predicted octanol–water partition coefficient (Wildman–Crippen LogP) is 2.25. The molecule has 0 radical (unpaired) electrons. The number of methoxy groups -OCH3 is 1. The van der Waals surface area contributed by atoms with Crippen LogP contribution < -0.4 is 5.32 Å². The molecule has 5 nitrogen and oxygen atoms in total. The Hall–Kier alpha value is -2.40. The summed E-state index contributed by atoms with van der Waals surface area (Å²) in [7, 11) is 1.28. The molecule has 0 aliphatic rings. The number of nitrogens with zero attached hydrogens (tertiary/aromatic N) is 1. The van der Waals surface area contributed by atoms with Crippen LogP contribution in [0.25, 0.3) is 0 Å². The fourth-order valence-electron chi connectivity index (χ4n) is 1.97. The minimum absolute atomic E-state index is 0.291. The van der Waals surface area contributed by atoms with Gasteiger partial charge in [-0.3, -0.25) is 9.78 Å². The molecular weight excluding hydrogens is 304 g/mol. The molecule has 1 aromatic carbocycles. The molecule has 0 saturated heterocycles. The normalized spacial score (nSPS) is 11.5. The minimum Gasteiger partial charge on any atom is -0.467 e. The number of pyridine rings is 1. The van der Waals surface area contributed by atoms with Crippen LogP contribution in [-0.2, 0) is 16.0 Å². The topological polar surface area (TPSA) is 68.3 Å². The van der Waals surface area contributed by atoms with Gasteiger partial charge in [0.15, 0.2) is 0 Å². The van der Waals surface area contributed by atoms with Crippen molar-refractivity contribution in [3.8, 4) is 0 Å². The van der Waals surface area contributed by atoms with Crippen LogP contribution in [0.5, 0.6) is 0 Å². The SMILES string of the molecule is COC(=O)[C@@H](Cc1cccc(Cl)c1)NC(=O)c1cccnc1. The molecule has 1 amide bonds. The molecule has 2 aromatic rings. The molecule has 0 bridgehead atoms. The molecular formula is C16H15ClN2O3. The third-order valence-corrected chi connectivity index (χ3v) is 3.28. The van der Waals surface area contributed by atoms with Crippen molar-refractivity contribution in [2.45, 2.75) is 12.5 Å². The number of amides is 1. The summed E-state index contributed by atoms with van der Waals surface area (Å²) in [5.41, 5.74) is 1.21. The van der Waals surface area contributed by atoms with Gasteiger partial charge in [-0.2, -0.15) is 0 Å². The standard InChI is InChI=1S/C16H15ClN2O3/c1-22-16(21)14(9-11-4-2-6-13(17)8-11)19-15(20)12-5-3-7-18-10-12/h2-8,10,14H,9H2,1H3,(H,19,20)/t14-/m1/s1. The van der Waals surface area contributed by atoms with E-state index in [1.807, 2.05) is 6.07 Å². The molecule has 114 valence electrons. The lowest BCUT2D eigenvalue weighted by molar-refractivity contribution is -0.142. The third-order valence-electron chi connectivity index (χ3n) is 3.04. The van der Waals surface area contributed by atoms with Gasteiger partial charge in [0.25, 0.3) is 5.91 Å². The van der Waals surface area contributed by atoms with Crippen LogP contribution in [0, 0.1) is 0 Å². The molecule has 0 spiro atoms. The summed E-state index contributed by atoms with van der Waals surface area (Å²) in [5, 5.41) is 3.22. The van der Waals surface area contributed by atoms with E-state index in [1.165, 1.54) is 13.3 Å². The number of hydrogen-bond acceptors (Lipinski definition) is 4. The van der Waals surface area contributed by atoms with E-state index in [0.717, 1.165) is 5.56 Å². The summed E-state index contributed by atoms with van der Waals surface area (Å²) >= 11 is 5.93. The second-order valence-electron chi connectivity index (χ2n) is 4.62. The van der Waals surface area contributed by atoms with Crippen molar-refractivity contribution < 1.29 is 14.3 Å². The molecule has 2 rings (SSSR count). The lowest BCUT2D eigenvalue weighted by Crippen LogP contribution is -2.43. The van der Waals surface area contributed by atoms with Crippen LogP contribution in [0.2, 0.25) is 5.02 Å². The Morgan fingerprint density at radius 2 is 2.14 bits per heavy atom. The molecule has 0 aliphatic carbocycles. The summed E-state index contributed by atoms with van der Waals surface area (Å²) in [4.78, 5) is 27.9. The van der Waals surface area contributed by atoms with Crippen LogP contribution in [0.1, 0.15) is 15.9 Å². The van der Waals surface area contributed by atoms with Crippen molar-refractivity contribution in [3.05, 3.63) is 64.9 Å². The van der Waals surface area contributed by atoms with E-state index in [1.54, 1.807) is 36.5 Å². The Kier molecular flexibility index (Phi) is 5.49. The number of nitrogens with one attached hydrogen (secondary N) is 1. The highest BCUT2D eigenvalue weighted by molar-refractivity contribution is 6.30. The summed E-state index contributed by atoms with van der Waals surface area (Å²) < 4.78 is 4.75. The number of ether oxygens (including phenoxy) is 1. The van der Waals surface area contributed by atoms with Crippen LogP contribution >= 0.6 is 11.6 Å². The lowest BCUT2D eigenvalue weighted by atomic mass is 10.1. The van der Waals surface area contributed by atoms with Gasteiger partial charge in [0, 0.05) is 23.8 Å². The minimum atomic E-state index is -0.795. The highest BCUT2D eigenvalue weighted by atomic mass is 35.5. The van der Waals surface area contributed by atoms with E-state index in [9.17, 15) is 9.59 Å². The summed E-state index contributed by atoms with van der Waals surface area (Å²) in [6.45, 7) is 0. The fraction of sp³-hybridized carbons (Fsp3) is 0.188. The number of benzene rings is 1. The van der Waals surface area contributed by atoms with Gasteiger partial charge < -0.3 is 10.1 Å². The predicted molar refractivity (Wildman–Crippen MR) is 82.7 cm³/mol. The van der Waals surface area contributed by atoms with Crippen LogP contribution in [0.3, 0.4) is 0 Å². The first-order chi connectivity index (χ1) is 10.6. The average molecular weight is 319 g/mol. The Morgan fingerprint density at radius 1 is 1.32 bits per heavy atom. The third kappa shape index (κ3) is 4.30. The quantitative estimate of drug-likeness (QED) is 0.859. The lowest BCUT2D eigenvalue weighted by Gasteiger charge is -2.16. The van der Waals surface area contributed by atoms with Crippen molar-refractivity contribution in [1.29, 1.82) is 0 Å². The highest BCUT2D eigenvalue weighted by Gasteiger charge is 2.22. The van der Waals surface area contributed by atoms with Crippen molar-refractivity contribution in [2.24, 2.45) is 0 Å². The Bertz CT molecular complexity index is 661. The Morgan fingerprint density at radius 3 is 2.77 bits per heavy atom. The molecule has 1 atom stereocenters. The first kappa shape index (κ1) is 16.0. The molecule has 22 heavy (non-hydrogen) atoms. The van der Waals surface area contributed by atoms with Crippen molar-refractivity contribution in [3.63, 3.8) is 0 Å². The van der Waals surface area contributed by atoms with Gasteiger partial charge in [0.1, 0.15) is 6.04 Å². The van der Waals surface area contributed by atoms with Gasteiger partial charge >= 0.3 is 5.97 Å². The monoisotopic (exact) mass is 318 g/mol. The molecule has 0 unspecified atom stereocenters. The van der Waals surface area contributed by atoms with Crippen LogP contribution in [0.15, 0.2) is 48.8 Å². The maximum atomic E-state index is 12.1. The molecule has 0 fully saturated rings. The van der Waals surface area contributed by atoms with Gasteiger partial charge in [-0.15, -0.1) is 0 Å². The number of aromatic nitrogens is 1. The number of halogens is 1. The van der Waals surface area contributed by atoms with Crippen LogP contribution in [0.4, 0.5) is 0 Å². The zero-order valence-corrected chi connectivity index (χ0v) is 12.7. The number of hydrogen-bond donors (Lipinski definition) is 1. The smallest absolute Gasteiger partial charge is 0.328 e. The van der Waals surface area contributed by atoms with E-state index < -0.39 is 12.0 Å². The Balaban J connectivity index is 2.13. The first-order valence-corrected chi connectivity index (χ1v) is 7.01. The zero-order valence-electron chi connectivity index (χ0n) is 12.0. The second-order valence-corrected chi connectivity index (χ2v) is 5.06. The summed E-state index contributed by atoms with van der Waals surface area (Å²) in [6, 6.07) is 9.58. The number of carbonyl (C=O) groups excluding carboxylic acids is 2. The van der Waals surface area contributed by atoms with E-state index in [0.29, 0.717) is 17.0 Å². The maximum Gasteiger partial charge on any atom is 0.328 e. The molecule has 1 N–H and O–H groups in total. The molecule has 1 aromatic heterocycles. The number of rotatable bonds is 5. The number of esters is 1. The van der Waals surface area contributed by atoms with Gasteiger partial charge in [-0.25, -0.2) is 4.79 Å². The first-order valence-electron chi connectivity index (χ1n) is 6.63. The average Bonchev–Trinajstić information content (AvgIpc) is 2.54. The summed E-state index contributed by atoms with van der Waals surface area (Å²) in [5.74, 6) is -0.900. The molecule has 6 heteroatoms. The largest absolute Gasteiger partial charge is 0.467 e. The highest BCUT2D eigenvalue weighted by Crippen LogP contribution is 2.13. The second kappa shape index (κ2) is 7.56. The van der Waals surface area contributed by atoms with Crippen LogP contribution in [-0.4, -0.2) is 30.0 Å². The van der Waals surface area contributed by atoms with E-state index in [2.05, 4.69) is 10.3 Å². The zero-order chi connectivity index (χ0) is 15.9. The van der Waals surface area contributed by atoms with E-state index in [4.69, 9.17) is 16.3 Å². The maximum absolute atomic E-state index is 12.1. The van der Waals surface area contributed by atoms with Crippen molar-refractivity contribution in [2.75, 3.05) is 7.11 Å². The Labute approximate surface area is 133 Å².